The highest BCUT2D eigenvalue weighted by Gasteiger charge is 2.27. The van der Waals surface area contributed by atoms with Gasteiger partial charge in [0, 0.05) is 6.20 Å². The van der Waals surface area contributed by atoms with Crippen molar-refractivity contribution in [2.24, 2.45) is 0 Å². The van der Waals surface area contributed by atoms with Gasteiger partial charge in [0.05, 0.1) is 16.9 Å². The number of carbonyl (C=O) groups is 1. The van der Waals surface area contributed by atoms with Gasteiger partial charge in [-0.2, -0.15) is 0 Å². The fraction of sp³-hybridized carbons (Fsp3) is 0.375. The molecule has 2 aromatic rings. The van der Waals surface area contributed by atoms with E-state index in [1.54, 1.807) is 0 Å². The molecule has 0 radical (unpaired) electrons. The Morgan fingerprint density at radius 1 is 1.29 bits per heavy atom. The monoisotopic (exact) mass is 287 g/mol. The SMILES string of the molecule is Cc1c(C)c2c3c(c1C)c(=O)c(C(=O)O)cn3C(C)CO2. The van der Waals surface area contributed by atoms with Crippen LogP contribution in [0.1, 0.15) is 40.0 Å². The summed E-state index contributed by atoms with van der Waals surface area (Å²) in [5.41, 5.74) is 2.89. The number of benzene rings is 1. The topological polar surface area (TPSA) is 68.5 Å². The molecule has 1 aromatic heterocycles. The lowest BCUT2D eigenvalue weighted by Crippen LogP contribution is -2.27. The quantitative estimate of drug-likeness (QED) is 0.875. The number of aromatic carboxylic acids is 1. The van der Waals surface area contributed by atoms with Gasteiger partial charge in [-0.15, -0.1) is 0 Å². The molecule has 5 heteroatoms. The largest absolute Gasteiger partial charge is 0.489 e. The van der Waals surface area contributed by atoms with Crippen LogP contribution in [0, 0.1) is 20.8 Å². The van der Waals surface area contributed by atoms with Gasteiger partial charge in [0.25, 0.3) is 0 Å². The van der Waals surface area contributed by atoms with Gasteiger partial charge in [0.15, 0.2) is 0 Å². The maximum atomic E-state index is 12.6. The van der Waals surface area contributed by atoms with E-state index in [-0.39, 0.29) is 11.6 Å². The molecule has 1 aliphatic rings. The number of nitrogens with zero attached hydrogens (tertiary/aromatic N) is 1. The highest BCUT2D eigenvalue weighted by Crippen LogP contribution is 2.38. The van der Waals surface area contributed by atoms with Crippen molar-refractivity contribution in [1.29, 1.82) is 0 Å². The second-order valence-corrected chi connectivity index (χ2v) is 5.67. The standard InChI is InChI=1S/C16H17NO4/c1-7-6-21-15-10(4)8(2)9(3)12-13(15)17(7)5-11(14(12)18)16(19)20/h5,7H,6H2,1-4H3,(H,19,20). The molecule has 0 bridgehead atoms. The first-order valence-corrected chi connectivity index (χ1v) is 6.89. The zero-order chi connectivity index (χ0) is 15.5. The molecule has 5 nitrogen and oxygen atoms in total. The fourth-order valence-corrected chi connectivity index (χ4v) is 2.99. The Hall–Kier alpha value is -2.30. The molecule has 2 heterocycles. The van der Waals surface area contributed by atoms with E-state index in [4.69, 9.17) is 4.74 Å². The molecular weight excluding hydrogens is 270 g/mol. The van der Waals surface area contributed by atoms with Crippen molar-refractivity contribution < 1.29 is 14.6 Å². The van der Waals surface area contributed by atoms with E-state index in [0.29, 0.717) is 23.3 Å². The third-order valence-electron chi connectivity index (χ3n) is 4.46. The summed E-state index contributed by atoms with van der Waals surface area (Å²) in [7, 11) is 0. The molecular formula is C16H17NO4. The molecule has 1 atom stereocenters. The third-order valence-corrected chi connectivity index (χ3v) is 4.46. The van der Waals surface area contributed by atoms with Crippen LogP contribution in [0.15, 0.2) is 11.0 Å². The van der Waals surface area contributed by atoms with Crippen molar-refractivity contribution in [3.63, 3.8) is 0 Å². The Morgan fingerprint density at radius 2 is 1.95 bits per heavy atom. The van der Waals surface area contributed by atoms with Gasteiger partial charge in [-0.1, -0.05) is 0 Å². The van der Waals surface area contributed by atoms with Crippen LogP contribution in [0.5, 0.6) is 5.75 Å². The minimum atomic E-state index is -1.19. The van der Waals surface area contributed by atoms with Gasteiger partial charge in [0.2, 0.25) is 5.43 Å². The Kier molecular flexibility index (Phi) is 2.83. The average Bonchev–Trinajstić information content (AvgIpc) is 2.43. The Labute approximate surface area is 121 Å². The number of hydrogen-bond donors (Lipinski definition) is 1. The summed E-state index contributed by atoms with van der Waals surface area (Å²) >= 11 is 0. The van der Waals surface area contributed by atoms with Crippen molar-refractivity contribution in [2.45, 2.75) is 33.7 Å². The highest BCUT2D eigenvalue weighted by atomic mass is 16.5. The molecule has 0 aliphatic carbocycles. The van der Waals surface area contributed by atoms with Crippen LogP contribution in [0.4, 0.5) is 0 Å². The Bertz CT molecular complexity index is 848. The van der Waals surface area contributed by atoms with Crippen LogP contribution in [-0.2, 0) is 0 Å². The molecule has 1 unspecified atom stereocenters. The molecule has 3 rings (SSSR count). The Morgan fingerprint density at radius 3 is 2.57 bits per heavy atom. The zero-order valence-electron chi connectivity index (χ0n) is 12.5. The molecule has 0 amide bonds. The molecule has 21 heavy (non-hydrogen) atoms. The number of carboxylic acids is 1. The van der Waals surface area contributed by atoms with Crippen molar-refractivity contribution in [2.75, 3.05) is 6.61 Å². The van der Waals surface area contributed by atoms with E-state index in [9.17, 15) is 14.7 Å². The van der Waals surface area contributed by atoms with Gasteiger partial charge in [-0.05, 0) is 44.4 Å². The first kappa shape index (κ1) is 13.7. The average molecular weight is 287 g/mol. The van der Waals surface area contributed by atoms with Crippen LogP contribution in [0.3, 0.4) is 0 Å². The number of aromatic nitrogens is 1. The van der Waals surface area contributed by atoms with Gasteiger partial charge in [0.1, 0.15) is 17.9 Å². The lowest BCUT2D eigenvalue weighted by Gasteiger charge is -2.29. The summed E-state index contributed by atoms with van der Waals surface area (Å²) in [6.07, 6.45) is 1.44. The number of pyridine rings is 1. The first-order chi connectivity index (χ1) is 9.84. The summed E-state index contributed by atoms with van der Waals surface area (Å²) in [4.78, 5) is 23.9. The van der Waals surface area contributed by atoms with Crippen molar-refractivity contribution in [3.8, 4) is 5.75 Å². The normalized spacial score (nSPS) is 16.9. The van der Waals surface area contributed by atoms with E-state index in [1.165, 1.54) is 6.20 Å². The van der Waals surface area contributed by atoms with Gasteiger partial charge in [-0.3, -0.25) is 4.79 Å². The molecule has 1 N–H and O–H groups in total. The number of ether oxygens (including phenoxy) is 1. The molecule has 110 valence electrons. The molecule has 0 spiro atoms. The lowest BCUT2D eigenvalue weighted by atomic mass is 9.95. The summed E-state index contributed by atoms with van der Waals surface area (Å²) in [5.74, 6) is -0.497. The van der Waals surface area contributed by atoms with Gasteiger partial charge in [-0.25, -0.2) is 4.79 Å². The minimum absolute atomic E-state index is 0.0137. The van der Waals surface area contributed by atoms with E-state index in [1.807, 2.05) is 32.3 Å². The molecule has 1 aromatic carbocycles. The van der Waals surface area contributed by atoms with Crippen molar-refractivity contribution >= 4 is 16.9 Å². The summed E-state index contributed by atoms with van der Waals surface area (Å²) in [6.45, 7) is 8.17. The van der Waals surface area contributed by atoms with E-state index >= 15 is 0 Å². The second-order valence-electron chi connectivity index (χ2n) is 5.67. The summed E-state index contributed by atoms with van der Waals surface area (Å²) in [6, 6.07) is -0.0137. The van der Waals surface area contributed by atoms with Crippen LogP contribution >= 0.6 is 0 Å². The van der Waals surface area contributed by atoms with Gasteiger partial charge < -0.3 is 14.4 Å². The smallest absolute Gasteiger partial charge is 0.341 e. The first-order valence-electron chi connectivity index (χ1n) is 6.89. The van der Waals surface area contributed by atoms with E-state index in [2.05, 4.69) is 0 Å². The van der Waals surface area contributed by atoms with E-state index < -0.39 is 11.4 Å². The van der Waals surface area contributed by atoms with Crippen LogP contribution in [-0.4, -0.2) is 22.2 Å². The Balaban J connectivity index is 2.64. The molecule has 0 fully saturated rings. The van der Waals surface area contributed by atoms with Crippen molar-refractivity contribution in [3.05, 3.63) is 38.7 Å². The maximum absolute atomic E-state index is 12.6. The van der Waals surface area contributed by atoms with Crippen LogP contribution in [0.2, 0.25) is 0 Å². The van der Waals surface area contributed by atoms with Crippen LogP contribution < -0.4 is 10.2 Å². The predicted octanol–water partition coefficient (Wildman–Crippen LogP) is 2.58. The summed E-state index contributed by atoms with van der Waals surface area (Å²) < 4.78 is 7.68. The molecule has 1 aliphatic heterocycles. The third kappa shape index (κ3) is 1.70. The van der Waals surface area contributed by atoms with E-state index in [0.717, 1.165) is 16.7 Å². The summed E-state index contributed by atoms with van der Waals surface area (Å²) in [5, 5.41) is 9.75. The molecule has 0 saturated heterocycles. The molecule has 0 saturated carbocycles. The second kappa shape index (κ2) is 4.35. The number of hydrogen-bond acceptors (Lipinski definition) is 3. The fourth-order valence-electron chi connectivity index (χ4n) is 2.99. The van der Waals surface area contributed by atoms with Crippen LogP contribution in [0.25, 0.3) is 10.9 Å². The minimum Gasteiger partial charge on any atom is -0.489 e. The number of aryl methyl sites for hydroxylation is 1. The van der Waals surface area contributed by atoms with Gasteiger partial charge >= 0.3 is 5.97 Å². The predicted molar refractivity (Wildman–Crippen MR) is 79.6 cm³/mol. The zero-order valence-corrected chi connectivity index (χ0v) is 12.5. The number of carboxylic acid groups (broad SMARTS) is 1. The lowest BCUT2D eigenvalue weighted by molar-refractivity contribution is 0.0694. The van der Waals surface area contributed by atoms with Crippen molar-refractivity contribution in [1.82, 2.24) is 4.57 Å². The maximum Gasteiger partial charge on any atom is 0.341 e. The highest BCUT2D eigenvalue weighted by molar-refractivity contribution is 5.97. The number of rotatable bonds is 1.